The second-order valence-electron chi connectivity index (χ2n) is 6.27. The van der Waals surface area contributed by atoms with Gasteiger partial charge in [-0.3, -0.25) is 5.10 Å². The maximum absolute atomic E-state index is 13.1. The van der Waals surface area contributed by atoms with E-state index in [4.69, 9.17) is 9.47 Å². The van der Waals surface area contributed by atoms with Gasteiger partial charge in [-0.15, -0.1) is 0 Å². The minimum absolute atomic E-state index is 0.237. The number of ether oxygens (including phenoxy) is 2. The van der Waals surface area contributed by atoms with E-state index in [9.17, 15) is 8.42 Å². The lowest BCUT2D eigenvalue weighted by Gasteiger charge is -2.27. The largest absolute Gasteiger partial charge is 0.486 e. The second-order valence-corrected chi connectivity index (χ2v) is 8.21. The number of rotatable bonds is 4. The lowest BCUT2D eigenvalue weighted by atomic mass is 10.0. The molecule has 0 unspecified atom stereocenters. The molecule has 2 aliphatic heterocycles. The van der Waals surface area contributed by atoms with Gasteiger partial charge in [0.15, 0.2) is 11.5 Å². The summed E-state index contributed by atoms with van der Waals surface area (Å²) in [5, 5.41) is 7.41. The van der Waals surface area contributed by atoms with Crippen molar-refractivity contribution in [3.63, 3.8) is 0 Å². The van der Waals surface area contributed by atoms with Crippen LogP contribution in [0.25, 0.3) is 0 Å². The number of hydrogen-bond acceptors (Lipinski definition) is 5. The van der Waals surface area contributed by atoms with Gasteiger partial charge in [0.1, 0.15) is 13.2 Å². The van der Waals surface area contributed by atoms with Gasteiger partial charge in [-0.1, -0.05) is 13.3 Å². The molecule has 0 aliphatic carbocycles. The summed E-state index contributed by atoms with van der Waals surface area (Å²) in [4.78, 5) is 0.237. The van der Waals surface area contributed by atoms with Crippen LogP contribution in [0.4, 0.5) is 0 Å². The molecule has 0 spiro atoms. The van der Waals surface area contributed by atoms with Crippen molar-refractivity contribution in [1.29, 1.82) is 0 Å². The summed E-state index contributed by atoms with van der Waals surface area (Å²) in [5.41, 5.74) is 3.05. The molecule has 25 heavy (non-hydrogen) atoms. The first kappa shape index (κ1) is 16.4. The average Bonchev–Trinajstić information content (AvgIpc) is 3.04. The van der Waals surface area contributed by atoms with Gasteiger partial charge in [-0.25, -0.2) is 8.42 Å². The number of fused-ring (bicyclic) bond motifs is 2. The lowest BCUT2D eigenvalue weighted by Crippen LogP contribution is -2.36. The molecule has 3 heterocycles. The molecule has 8 heteroatoms. The van der Waals surface area contributed by atoms with Crippen molar-refractivity contribution in [2.45, 2.75) is 37.6 Å². The third-order valence-corrected chi connectivity index (χ3v) is 6.46. The fourth-order valence-corrected chi connectivity index (χ4v) is 4.74. The van der Waals surface area contributed by atoms with Crippen LogP contribution in [0.3, 0.4) is 0 Å². The Morgan fingerprint density at radius 3 is 2.84 bits per heavy atom. The summed E-state index contributed by atoms with van der Waals surface area (Å²) >= 11 is 0. The maximum Gasteiger partial charge on any atom is 0.243 e. The van der Waals surface area contributed by atoms with E-state index in [-0.39, 0.29) is 4.90 Å². The number of aromatic nitrogens is 2. The quantitative estimate of drug-likeness (QED) is 0.897. The molecule has 0 fully saturated rings. The zero-order valence-electron chi connectivity index (χ0n) is 14.1. The molecule has 0 saturated carbocycles. The zero-order valence-corrected chi connectivity index (χ0v) is 14.9. The minimum atomic E-state index is -3.59. The highest BCUT2D eigenvalue weighted by Gasteiger charge is 2.31. The molecule has 0 amide bonds. The third kappa shape index (κ3) is 2.89. The number of benzene rings is 1. The fourth-order valence-electron chi connectivity index (χ4n) is 3.31. The predicted octanol–water partition coefficient (Wildman–Crippen LogP) is 1.88. The number of sulfonamides is 1. The van der Waals surface area contributed by atoms with E-state index < -0.39 is 10.0 Å². The summed E-state index contributed by atoms with van der Waals surface area (Å²) in [6.07, 6.45) is 2.48. The number of H-pyrrole nitrogens is 1. The van der Waals surface area contributed by atoms with Crippen LogP contribution in [-0.2, 0) is 29.4 Å². The van der Waals surface area contributed by atoms with Crippen LogP contribution in [0, 0.1) is 0 Å². The van der Waals surface area contributed by atoms with E-state index in [0.717, 1.165) is 29.8 Å². The molecule has 1 N–H and O–H groups in total. The van der Waals surface area contributed by atoms with E-state index >= 15 is 0 Å². The Labute approximate surface area is 147 Å². The SMILES string of the molecule is CCCc1n[nH]c2c1CN(S(=O)(=O)c1ccc3c(c1)OCCO3)CC2. The fraction of sp³-hybridized carbons (Fsp3) is 0.471. The number of nitrogens with one attached hydrogen (secondary N) is 1. The van der Waals surface area contributed by atoms with Crippen LogP contribution in [0.2, 0.25) is 0 Å². The Bertz CT molecular complexity index is 891. The van der Waals surface area contributed by atoms with Crippen LogP contribution in [0.15, 0.2) is 23.1 Å². The number of aromatic amines is 1. The van der Waals surface area contributed by atoms with Crippen LogP contribution in [-0.4, -0.2) is 42.7 Å². The van der Waals surface area contributed by atoms with E-state index in [1.165, 1.54) is 4.31 Å². The first-order chi connectivity index (χ1) is 12.1. The number of aryl methyl sites for hydroxylation is 1. The molecule has 4 rings (SSSR count). The highest BCUT2D eigenvalue weighted by molar-refractivity contribution is 7.89. The molecule has 2 aliphatic rings. The van der Waals surface area contributed by atoms with Gasteiger partial charge in [0.2, 0.25) is 10.0 Å². The van der Waals surface area contributed by atoms with Crippen LogP contribution in [0.5, 0.6) is 11.5 Å². The van der Waals surface area contributed by atoms with Crippen molar-refractivity contribution >= 4 is 10.0 Å². The summed E-state index contributed by atoms with van der Waals surface area (Å²) in [7, 11) is -3.59. The van der Waals surface area contributed by atoms with E-state index in [1.807, 2.05) is 0 Å². The monoisotopic (exact) mass is 363 g/mol. The average molecular weight is 363 g/mol. The Morgan fingerprint density at radius 1 is 1.24 bits per heavy atom. The van der Waals surface area contributed by atoms with Crippen molar-refractivity contribution in [2.24, 2.45) is 0 Å². The van der Waals surface area contributed by atoms with Crippen LogP contribution < -0.4 is 9.47 Å². The standard InChI is InChI=1S/C17H21N3O4S/c1-2-3-14-13-11-20(7-6-15(13)19-18-14)25(21,22)12-4-5-16-17(10-12)24-9-8-23-16/h4-5,10H,2-3,6-9,11H2,1H3,(H,18,19). The maximum atomic E-state index is 13.1. The molecule has 0 radical (unpaired) electrons. The van der Waals surface area contributed by atoms with E-state index in [0.29, 0.717) is 44.2 Å². The van der Waals surface area contributed by atoms with Crippen molar-refractivity contribution in [1.82, 2.24) is 14.5 Å². The Morgan fingerprint density at radius 2 is 2.04 bits per heavy atom. The van der Waals surface area contributed by atoms with Gasteiger partial charge in [-0.2, -0.15) is 9.40 Å². The molecule has 0 atom stereocenters. The topological polar surface area (TPSA) is 84.5 Å². The van der Waals surface area contributed by atoms with Gasteiger partial charge in [0, 0.05) is 36.8 Å². The molecule has 7 nitrogen and oxygen atoms in total. The molecule has 2 aromatic rings. The molecule has 0 bridgehead atoms. The molecular weight excluding hydrogens is 342 g/mol. The Kier molecular flexibility index (Phi) is 4.16. The first-order valence-electron chi connectivity index (χ1n) is 8.54. The Balaban J connectivity index is 1.63. The molecular formula is C17H21N3O4S. The molecule has 1 aromatic heterocycles. The van der Waals surface area contributed by atoms with Gasteiger partial charge >= 0.3 is 0 Å². The van der Waals surface area contributed by atoms with Gasteiger partial charge in [0.05, 0.1) is 10.6 Å². The van der Waals surface area contributed by atoms with Crippen LogP contribution >= 0.6 is 0 Å². The van der Waals surface area contributed by atoms with Crippen molar-refractivity contribution in [3.05, 3.63) is 35.2 Å². The smallest absolute Gasteiger partial charge is 0.243 e. The molecule has 1 aromatic carbocycles. The van der Waals surface area contributed by atoms with Crippen LogP contribution in [0.1, 0.15) is 30.3 Å². The zero-order chi connectivity index (χ0) is 17.4. The Hall–Kier alpha value is -2.06. The second kappa shape index (κ2) is 6.34. The highest BCUT2D eigenvalue weighted by atomic mass is 32.2. The van der Waals surface area contributed by atoms with E-state index in [1.54, 1.807) is 18.2 Å². The van der Waals surface area contributed by atoms with Gasteiger partial charge < -0.3 is 9.47 Å². The van der Waals surface area contributed by atoms with Gasteiger partial charge in [-0.05, 0) is 18.6 Å². The first-order valence-corrected chi connectivity index (χ1v) is 9.98. The normalized spacial score (nSPS) is 17.3. The number of nitrogens with zero attached hydrogens (tertiary/aromatic N) is 2. The van der Waals surface area contributed by atoms with Crippen molar-refractivity contribution in [3.8, 4) is 11.5 Å². The third-order valence-electron chi connectivity index (χ3n) is 4.62. The molecule has 0 saturated heterocycles. The summed E-state index contributed by atoms with van der Waals surface area (Å²) in [5.74, 6) is 1.08. The number of hydrogen-bond donors (Lipinski definition) is 1. The summed E-state index contributed by atoms with van der Waals surface area (Å²) in [6.45, 7) is 3.80. The summed E-state index contributed by atoms with van der Waals surface area (Å²) < 4.78 is 38.7. The van der Waals surface area contributed by atoms with E-state index in [2.05, 4.69) is 17.1 Å². The van der Waals surface area contributed by atoms with Crippen molar-refractivity contribution < 1.29 is 17.9 Å². The lowest BCUT2D eigenvalue weighted by molar-refractivity contribution is 0.171. The highest BCUT2D eigenvalue weighted by Crippen LogP contribution is 2.34. The van der Waals surface area contributed by atoms with Gasteiger partial charge in [0.25, 0.3) is 0 Å². The molecule has 134 valence electrons. The minimum Gasteiger partial charge on any atom is -0.486 e. The van der Waals surface area contributed by atoms with Crippen molar-refractivity contribution in [2.75, 3.05) is 19.8 Å². The predicted molar refractivity (Wildman–Crippen MR) is 91.3 cm³/mol. The summed E-state index contributed by atoms with van der Waals surface area (Å²) in [6, 6.07) is 4.81.